The molecule has 1 aliphatic heterocycles. The highest BCUT2D eigenvalue weighted by molar-refractivity contribution is 6.32. The number of benzene rings is 2. The molecule has 1 unspecified atom stereocenters. The van der Waals surface area contributed by atoms with Crippen molar-refractivity contribution in [2.24, 2.45) is 0 Å². The van der Waals surface area contributed by atoms with Crippen molar-refractivity contribution in [3.8, 4) is 5.75 Å². The maximum atomic E-state index is 15.6. The van der Waals surface area contributed by atoms with Crippen LogP contribution in [0, 0.1) is 6.92 Å². The Bertz CT molecular complexity index is 747. The molecule has 2 aromatic carbocycles. The van der Waals surface area contributed by atoms with Crippen molar-refractivity contribution < 1.29 is 13.9 Å². The van der Waals surface area contributed by atoms with Gasteiger partial charge in [0, 0.05) is 21.8 Å². The first-order valence-corrected chi connectivity index (χ1v) is 6.80. The number of carbonyl (C=O) groups is 1. The van der Waals surface area contributed by atoms with Crippen LogP contribution in [-0.2, 0) is 10.5 Å². The number of rotatable bonds is 2. The SMILES string of the molecule is COc1ccc(Cl)c(C2(F)C(=O)Nc3cc(C)ccc32)c1. The van der Waals surface area contributed by atoms with E-state index in [0.717, 1.165) is 5.56 Å². The molecule has 0 saturated heterocycles. The molecule has 21 heavy (non-hydrogen) atoms. The normalized spacial score (nSPS) is 20.1. The van der Waals surface area contributed by atoms with Gasteiger partial charge in [-0.1, -0.05) is 23.7 Å². The van der Waals surface area contributed by atoms with Crippen LogP contribution in [0.3, 0.4) is 0 Å². The lowest BCUT2D eigenvalue weighted by atomic mass is 9.88. The lowest BCUT2D eigenvalue weighted by molar-refractivity contribution is -0.124. The van der Waals surface area contributed by atoms with Gasteiger partial charge in [0.25, 0.3) is 5.91 Å². The predicted molar refractivity (Wildman–Crippen MR) is 79.7 cm³/mol. The Morgan fingerprint density at radius 1 is 1.19 bits per heavy atom. The van der Waals surface area contributed by atoms with Crippen molar-refractivity contribution in [3.63, 3.8) is 0 Å². The highest BCUT2D eigenvalue weighted by Gasteiger charge is 2.50. The molecule has 1 atom stereocenters. The van der Waals surface area contributed by atoms with Crippen LogP contribution in [-0.4, -0.2) is 13.0 Å². The van der Waals surface area contributed by atoms with Crippen molar-refractivity contribution in [2.45, 2.75) is 12.6 Å². The fourth-order valence-electron chi connectivity index (χ4n) is 2.56. The van der Waals surface area contributed by atoms with Gasteiger partial charge < -0.3 is 10.1 Å². The maximum absolute atomic E-state index is 15.6. The van der Waals surface area contributed by atoms with E-state index in [1.165, 1.54) is 19.2 Å². The molecule has 108 valence electrons. The van der Waals surface area contributed by atoms with Crippen LogP contribution >= 0.6 is 11.6 Å². The van der Waals surface area contributed by atoms with Gasteiger partial charge in [0.15, 0.2) is 0 Å². The Morgan fingerprint density at radius 3 is 2.67 bits per heavy atom. The number of aryl methyl sites for hydroxylation is 1. The van der Waals surface area contributed by atoms with Gasteiger partial charge in [-0.15, -0.1) is 0 Å². The summed E-state index contributed by atoms with van der Waals surface area (Å²) in [5.74, 6) is -0.293. The van der Waals surface area contributed by atoms with E-state index in [1.54, 1.807) is 24.3 Å². The van der Waals surface area contributed by atoms with E-state index in [1.807, 2.05) is 6.92 Å². The van der Waals surface area contributed by atoms with E-state index in [2.05, 4.69) is 5.32 Å². The highest BCUT2D eigenvalue weighted by Crippen LogP contribution is 2.47. The number of hydrogen-bond donors (Lipinski definition) is 1. The number of anilines is 1. The number of ether oxygens (including phenoxy) is 1. The van der Waals surface area contributed by atoms with Gasteiger partial charge in [0.05, 0.1) is 7.11 Å². The van der Waals surface area contributed by atoms with Gasteiger partial charge in [-0.25, -0.2) is 4.39 Å². The summed E-state index contributed by atoms with van der Waals surface area (Å²) >= 11 is 6.11. The zero-order chi connectivity index (χ0) is 15.2. The van der Waals surface area contributed by atoms with Gasteiger partial charge in [0.2, 0.25) is 5.67 Å². The molecule has 1 aliphatic rings. The third kappa shape index (κ3) is 1.98. The van der Waals surface area contributed by atoms with Gasteiger partial charge in [-0.3, -0.25) is 4.79 Å². The van der Waals surface area contributed by atoms with E-state index >= 15 is 4.39 Å². The Labute approximate surface area is 126 Å². The molecule has 0 radical (unpaired) electrons. The first-order valence-electron chi connectivity index (χ1n) is 6.42. The summed E-state index contributed by atoms with van der Waals surface area (Å²) in [6, 6.07) is 9.72. The largest absolute Gasteiger partial charge is 0.497 e. The van der Waals surface area contributed by atoms with Crippen LogP contribution in [0.2, 0.25) is 5.02 Å². The lowest BCUT2D eigenvalue weighted by Gasteiger charge is -2.20. The van der Waals surface area contributed by atoms with Crippen LogP contribution in [0.5, 0.6) is 5.75 Å². The minimum Gasteiger partial charge on any atom is -0.497 e. The number of carbonyl (C=O) groups excluding carboxylic acids is 1. The second-order valence-electron chi connectivity index (χ2n) is 5.01. The van der Waals surface area contributed by atoms with E-state index in [0.29, 0.717) is 11.4 Å². The fourth-order valence-corrected chi connectivity index (χ4v) is 2.80. The third-order valence-electron chi connectivity index (χ3n) is 3.65. The quantitative estimate of drug-likeness (QED) is 0.916. The van der Waals surface area contributed by atoms with Crippen LogP contribution in [0.4, 0.5) is 10.1 Å². The molecule has 3 rings (SSSR count). The molecule has 0 bridgehead atoms. The summed E-state index contributed by atoms with van der Waals surface area (Å²) in [7, 11) is 1.48. The average molecular weight is 306 g/mol. The molecule has 0 fully saturated rings. The molecule has 0 aliphatic carbocycles. The number of fused-ring (bicyclic) bond motifs is 1. The number of amides is 1. The number of hydrogen-bond acceptors (Lipinski definition) is 2. The van der Waals surface area contributed by atoms with Crippen LogP contribution in [0.15, 0.2) is 36.4 Å². The number of nitrogens with one attached hydrogen (secondary N) is 1. The van der Waals surface area contributed by atoms with Crippen molar-refractivity contribution in [3.05, 3.63) is 58.1 Å². The van der Waals surface area contributed by atoms with Gasteiger partial charge in [-0.05, 0) is 36.8 Å². The first kappa shape index (κ1) is 13.9. The highest BCUT2D eigenvalue weighted by atomic mass is 35.5. The van der Waals surface area contributed by atoms with E-state index in [9.17, 15) is 4.79 Å². The minimum absolute atomic E-state index is 0.0867. The zero-order valence-corrected chi connectivity index (χ0v) is 12.3. The molecule has 0 aromatic heterocycles. The van der Waals surface area contributed by atoms with E-state index in [-0.39, 0.29) is 16.1 Å². The van der Waals surface area contributed by atoms with Gasteiger partial charge in [-0.2, -0.15) is 0 Å². The van der Waals surface area contributed by atoms with Crippen molar-refractivity contribution in [1.29, 1.82) is 0 Å². The topological polar surface area (TPSA) is 38.3 Å². The van der Waals surface area contributed by atoms with Crippen LogP contribution in [0.25, 0.3) is 0 Å². The fraction of sp³-hybridized carbons (Fsp3) is 0.188. The number of alkyl halides is 1. The third-order valence-corrected chi connectivity index (χ3v) is 3.98. The number of halogens is 2. The summed E-state index contributed by atoms with van der Waals surface area (Å²) in [5, 5.41) is 2.76. The Kier molecular flexibility index (Phi) is 3.14. The minimum atomic E-state index is -2.31. The molecule has 3 nitrogen and oxygen atoms in total. The van der Waals surface area contributed by atoms with Crippen LogP contribution in [0.1, 0.15) is 16.7 Å². The molecule has 5 heteroatoms. The van der Waals surface area contributed by atoms with Gasteiger partial charge in [0.1, 0.15) is 5.75 Å². The molecule has 1 heterocycles. The summed E-state index contributed by atoms with van der Waals surface area (Å²) < 4.78 is 20.7. The molecule has 1 amide bonds. The van der Waals surface area contributed by atoms with Crippen molar-refractivity contribution in [2.75, 3.05) is 12.4 Å². The predicted octanol–water partition coefficient (Wildman–Crippen LogP) is 3.82. The van der Waals surface area contributed by atoms with Gasteiger partial charge >= 0.3 is 0 Å². The summed E-state index contributed by atoms with van der Waals surface area (Å²) in [5.41, 5.74) is -0.539. The Morgan fingerprint density at radius 2 is 1.95 bits per heavy atom. The monoisotopic (exact) mass is 305 g/mol. The summed E-state index contributed by atoms with van der Waals surface area (Å²) in [6.07, 6.45) is 0. The Balaban J connectivity index is 2.24. The molecule has 2 aromatic rings. The molecule has 0 saturated carbocycles. The zero-order valence-electron chi connectivity index (χ0n) is 11.5. The molecule has 0 spiro atoms. The van der Waals surface area contributed by atoms with Crippen molar-refractivity contribution in [1.82, 2.24) is 0 Å². The summed E-state index contributed by atoms with van der Waals surface area (Å²) in [6.45, 7) is 1.88. The standard InChI is InChI=1S/C16H13ClFNO2/c1-9-3-5-11-14(7-9)19-15(20)16(11,18)12-8-10(21-2)4-6-13(12)17/h3-8H,1-2H3,(H,19,20). The summed E-state index contributed by atoms with van der Waals surface area (Å²) in [4.78, 5) is 12.2. The molecular formula is C16H13ClFNO2. The van der Waals surface area contributed by atoms with E-state index < -0.39 is 11.6 Å². The second-order valence-corrected chi connectivity index (χ2v) is 5.41. The number of methoxy groups -OCH3 is 1. The van der Waals surface area contributed by atoms with Crippen LogP contribution < -0.4 is 10.1 Å². The molecular weight excluding hydrogens is 293 g/mol. The second kappa shape index (κ2) is 4.74. The van der Waals surface area contributed by atoms with Crippen molar-refractivity contribution >= 4 is 23.2 Å². The van der Waals surface area contributed by atoms with E-state index in [4.69, 9.17) is 16.3 Å². The maximum Gasteiger partial charge on any atom is 0.271 e. The molecule has 1 N–H and O–H groups in total. The Hall–Kier alpha value is -2.07. The first-order chi connectivity index (χ1) is 9.96. The smallest absolute Gasteiger partial charge is 0.271 e. The average Bonchev–Trinajstić information content (AvgIpc) is 2.71. The lowest BCUT2D eigenvalue weighted by Crippen LogP contribution is -2.31.